The Morgan fingerprint density at radius 1 is 1.18 bits per heavy atom. The van der Waals surface area contributed by atoms with E-state index in [-0.39, 0.29) is 13.2 Å². The molecule has 4 nitrogen and oxygen atoms in total. The summed E-state index contributed by atoms with van der Waals surface area (Å²) in [6.45, 7) is 2.29. The minimum Gasteiger partial charge on any atom is -0.490 e. The Morgan fingerprint density at radius 3 is 2.53 bits per heavy atom. The fourth-order valence-corrected chi connectivity index (χ4v) is 1.53. The number of aliphatic hydroxyl groups excluding tert-OH is 2. The van der Waals surface area contributed by atoms with Gasteiger partial charge in [0.2, 0.25) is 0 Å². The number of hydrogen-bond donors (Lipinski definition) is 2. The smallest absolute Gasteiger partial charge is 0.125 e. The highest BCUT2D eigenvalue weighted by molar-refractivity contribution is 5.35. The molecular formula is C13H20O4. The number of benzene rings is 1. The van der Waals surface area contributed by atoms with Crippen LogP contribution in [0.3, 0.4) is 0 Å². The molecule has 0 aliphatic rings. The second-order valence-corrected chi connectivity index (χ2v) is 3.88. The largest absolute Gasteiger partial charge is 0.490 e. The monoisotopic (exact) mass is 240 g/mol. The molecule has 1 rings (SSSR count). The van der Waals surface area contributed by atoms with E-state index >= 15 is 0 Å². The van der Waals surface area contributed by atoms with E-state index < -0.39 is 12.2 Å². The van der Waals surface area contributed by atoms with Crippen LogP contribution in [0.4, 0.5) is 0 Å². The maximum Gasteiger partial charge on any atom is 0.125 e. The summed E-state index contributed by atoms with van der Waals surface area (Å²) in [5, 5.41) is 19.3. The van der Waals surface area contributed by atoms with Crippen LogP contribution in [-0.4, -0.2) is 36.6 Å². The van der Waals surface area contributed by atoms with Crippen molar-refractivity contribution in [1.82, 2.24) is 0 Å². The minimum atomic E-state index is -0.660. The molecule has 0 radical (unpaired) electrons. The van der Waals surface area contributed by atoms with E-state index in [1.807, 2.05) is 25.1 Å². The molecule has 1 unspecified atom stereocenters. The summed E-state index contributed by atoms with van der Waals surface area (Å²) in [5.41, 5.74) is 0.750. The Kier molecular flexibility index (Phi) is 5.97. The van der Waals surface area contributed by atoms with Gasteiger partial charge in [-0.25, -0.2) is 0 Å². The molecule has 0 aliphatic carbocycles. The van der Waals surface area contributed by atoms with Crippen LogP contribution in [-0.2, 0) is 4.74 Å². The van der Waals surface area contributed by atoms with Crippen LogP contribution in [0.25, 0.3) is 0 Å². The predicted octanol–water partition coefficient (Wildman–Crippen LogP) is 1.52. The zero-order chi connectivity index (χ0) is 12.7. The molecule has 1 aromatic carbocycles. The molecule has 0 bridgehead atoms. The van der Waals surface area contributed by atoms with Gasteiger partial charge in [-0.05, 0) is 12.5 Å². The fraction of sp³-hybridized carbons (Fsp3) is 0.538. The molecule has 0 saturated heterocycles. The third-order valence-corrected chi connectivity index (χ3v) is 2.45. The van der Waals surface area contributed by atoms with Crippen molar-refractivity contribution >= 4 is 0 Å². The minimum absolute atomic E-state index is 0.154. The van der Waals surface area contributed by atoms with Crippen LogP contribution < -0.4 is 4.74 Å². The fourth-order valence-electron chi connectivity index (χ4n) is 1.53. The summed E-state index contributed by atoms with van der Waals surface area (Å²) in [5.74, 6) is 0.608. The van der Waals surface area contributed by atoms with Gasteiger partial charge in [0, 0.05) is 12.7 Å². The van der Waals surface area contributed by atoms with Gasteiger partial charge in [-0.3, -0.25) is 0 Å². The first-order valence-electron chi connectivity index (χ1n) is 5.75. The first-order chi connectivity index (χ1) is 8.19. The summed E-state index contributed by atoms with van der Waals surface area (Å²) >= 11 is 0. The molecule has 2 atom stereocenters. The molecule has 17 heavy (non-hydrogen) atoms. The number of aliphatic hydroxyl groups is 2. The summed E-state index contributed by atoms with van der Waals surface area (Å²) in [6.07, 6.45) is -0.571. The summed E-state index contributed by atoms with van der Waals surface area (Å²) in [6, 6.07) is 7.30. The Labute approximate surface area is 102 Å². The molecule has 0 amide bonds. The Hall–Kier alpha value is -1.10. The standard InChI is InChI=1S/C13H20O4/c1-3-12(15)11-6-4-5-7-13(11)17-9-10(14)8-16-2/h4-7,10,12,14-15H,3,8-9H2,1-2H3/t10?,12-/m0/s1. The maximum atomic E-state index is 9.81. The van der Waals surface area contributed by atoms with E-state index in [4.69, 9.17) is 9.47 Å². The van der Waals surface area contributed by atoms with E-state index in [0.29, 0.717) is 12.2 Å². The van der Waals surface area contributed by atoms with Crippen LogP contribution in [0.2, 0.25) is 0 Å². The lowest BCUT2D eigenvalue weighted by molar-refractivity contribution is 0.0315. The van der Waals surface area contributed by atoms with Gasteiger partial charge in [0.05, 0.1) is 12.7 Å². The van der Waals surface area contributed by atoms with E-state index in [2.05, 4.69) is 0 Å². The van der Waals surface area contributed by atoms with Gasteiger partial charge < -0.3 is 19.7 Å². The zero-order valence-electron chi connectivity index (χ0n) is 10.3. The number of ether oxygens (including phenoxy) is 2. The number of hydrogen-bond acceptors (Lipinski definition) is 4. The third-order valence-electron chi connectivity index (χ3n) is 2.45. The predicted molar refractivity (Wildman–Crippen MR) is 65.1 cm³/mol. The highest BCUT2D eigenvalue weighted by Gasteiger charge is 2.12. The Balaban J connectivity index is 2.63. The van der Waals surface area contributed by atoms with Crippen LogP contribution in [0.15, 0.2) is 24.3 Å². The molecule has 4 heteroatoms. The Bertz CT molecular complexity index is 327. The maximum absolute atomic E-state index is 9.81. The van der Waals surface area contributed by atoms with Crippen LogP contribution >= 0.6 is 0 Å². The molecule has 0 saturated carbocycles. The van der Waals surface area contributed by atoms with Crippen molar-refractivity contribution in [2.75, 3.05) is 20.3 Å². The van der Waals surface area contributed by atoms with Crippen LogP contribution in [0, 0.1) is 0 Å². The highest BCUT2D eigenvalue weighted by atomic mass is 16.5. The molecule has 0 fully saturated rings. The molecule has 96 valence electrons. The van der Waals surface area contributed by atoms with Gasteiger partial charge in [0.15, 0.2) is 0 Å². The normalized spacial score (nSPS) is 14.4. The van der Waals surface area contributed by atoms with Crippen LogP contribution in [0.5, 0.6) is 5.75 Å². The van der Waals surface area contributed by atoms with Crippen molar-refractivity contribution in [2.45, 2.75) is 25.6 Å². The molecule has 0 aromatic heterocycles. The average molecular weight is 240 g/mol. The molecule has 1 aromatic rings. The topological polar surface area (TPSA) is 58.9 Å². The Morgan fingerprint density at radius 2 is 1.88 bits per heavy atom. The first-order valence-corrected chi connectivity index (χ1v) is 5.75. The van der Waals surface area contributed by atoms with E-state index in [1.165, 1.54) is 7.11 Å². The second-order valence-electron chi connectivity index (χ2n) is 3.88. The zero-order valence-corrected chi connectivity index (χ0v) is 10.3. The summed E-state index contributed by atoms with van der Waals surface area (Å²) in [4.78, 5) is 0. The highest BCUT2D eigenvalue weighted by Crippen LogP contribution is 2.26. The van der Waals surface area contributed by atoms with Crippen molar-refractivity contribution in [1.29, 1.82) is 0 Å². The van der Waals surface area contributed by atoms with Crippen molar-refractivity contribution in [3.63, 3.8) is 0 Å². The van der Waals surface area contributed by atoms with Gasteiger partial charge in [-0.2, -0.15) is 0 Å². The second kappa shape index (κ2) is 7.27. The molecular weight excluding hydrogens is 220 g/mol. The van der Waals surface area contributed by atoms with Gasteiger partial charge in [0.25, 0.3) is 0 Å². The van der Waals surface area contributed by atoms with Crippen molar-refractivity contribution < 1.29 is 19.7 Å². The molecule has 0 spiro atoms. The first kappa shape index (κ1) is 14.0. The van der Waals surface area contributed by atoms with Gasteiger partial charge in [-0.1, -0.05) is 25.1 Å². The van der Waals surface area contributed by atoms with Crippen LogP contribution in [0.1, 0.15) is 25.0 Å². The van der Waals surface area contributed by atoms with E-state index in [9.17, 15) is 10.2 Å². The molecule has 0 aliphatic heterocycles. The van der Waals surface area contributed by atoms with E-state index in [1.54, 1.807) is 6.07 Å². The van der Waals surface area contributed by atoms with Crippen molar-refractivity contribution in [3.8, 4) is 5.75 Å². The lowest BCUT2D eigenvalue weighted by atomic mass is 10.1. The van der Waals surface area contributed by atoms with E-state index in [0.717, 1.165) is 5.56 Å². The SMILES string of the molecule is CC[C@H](O)c1ccccc1OCC(O)COC. The van der Waals surface area contributed by atoms with Gasteiger partial charge in [0.1, 0.15) is 18.5 Å². The number of rotatable bonds is 7. The quantitative estimate of drug-likeness (QED) is 0.758. The van der Waals surface area contributed by atoms with Gasteiger partial charge >= 0.3 is 0 Å². The number of methoxy groups -OCH3 is 1. The van der Waals surface area contributed by atoms with Gasteiger partial charge in [-0.15, -0.1) is 0 Å². The average Bonchev–Trinajstić information content (AvgIpc) is 2.36. The summed E-state index contributed by atoms with van der Waals surface area (Å²) in [7, 11) is 1.53. The third kappa shape index (κ3) is 4.34. The van der Waals surface area contributed by atoms with Crippen molar-refractivity contribution in [2.24, 2.45) is 0 Å². The summed E-state index contributed by atoms with van der Waals surface area (Å²) < 4.78 is 10.3. The molecule has 2 N–H and O–H groups in total. The lowest BCUT2D eigenvalue weighted by Crippen LogP contribution is -2.23. The molecule has 0 heterocycles. The van der Waals surface area contributed by atoms with Crippen molar-refractivity contribution in [3.05, 3.63) is 29.8 Å². The number of para-hydroxylation sites is 1. The lowest BCUT2D eigenvalue weighted by Gasteiger charge is -2.16.